The molecule has 114 valence electrons. The summed E-state index contributed by atoms with van der Waals surface area (Å²) in [4.78, 5) is 22.6. The molecule has 3 rings (SSSR count). The topological polar surface area (TPSA) is 110 Å². The van der Waals surface area contributed by atoms with Gasteiger partial charge in [-0.1, -0.05) is 12.1 Å². The minimum atomic E-state index is -1.16. The summed E-state index contributed by atoms with van der Waals surface area (Å²) >= 11 is 0. The van der Waals surface area contributed by atoms with Crippen molar-refractivity contribution in [1.29, 1.82) is 0 Å². The fraction of sp³-hybridized carbons (Fsp3) is 0.357. The second-order valence-corrected chi connectivity index (χ2v) is 5.31. The summed E-state index contributed by atoms with van der Waals surface area (Å²) in [5.41, 5.74) is 1.29. The van der Waals surface area contributed by atoms with Gasteiger partial charge in [-0.3, -0.25) is 9.59 Å². The molecule has 8 heteroatoms. The highest BCUT2D eigenvalue weighted by atomic mass is 16.4. The van der Waals surface area contributed by atoms with E-state index in [4.69, 9.17) is 5.11 Å². The standard InChI is InChI=1S/C14H15N5O3/c1-8(14(21)22)13(20)15-10-4-2-3-9(7-10)12-16-17-18-19(12)11-5-6-11/h2-4,7-8,11H,5-6H2,1H3,(H,15,20)(H,21,22). The number of nitrogens with one attached hydrogen (secondary N) is 1. The number of carbonyl (C=O) groups is 2. The number of aliphatic carboxylic acids is 1. The highest BCUT2D eigenvalue weighted by Gasteiger charge is 2.28. The summed E-state index contributed by atoms with van der Waals surface area (Å²) in [6.45, 7) is 1.34. The molecule has 2 N–H and O–H groups in total. The Kier molecular flexibility index (Phi) is 3.58. The molecule has 1 unspecified atom stereocenters. The van der Waals surface area contributed by atoms with Crippen molar-refractivity contribution in [3.8, 4) is 11.4 Å². The minimum Gasteiger partial charge on any atom is -0.481 e. The van der Waals surface area contributed by atoms with Crippen LogP contribution in [0.5, 0.6) is 0 Å². The largest absolute Gasteiger partial charge is 0.481 e. The molecule has 0 aliphatic heterocycles. The van der Waals surface area contributed by atoms with Crippen LogP contribution in [0.15, 0.2) is 24.3 Å². The Balaban J connectivity index is 1.82. The number of anilines is 1. The summed E-state index contributed by atoms with van der Waals surface area (Å²) < 4.78 is 1.78. The number of nitrogens with zero attached hydrogens (tertiary/aromatic N) is 4. The van der Waals surface area contributed by atoms with E-state index in [1.54, 1.807) is 22.9 Å². The zero-order chi connectivity index (χ0) is 15.7. The molecule has 1 heterocycles. The number of carboxylic acids is 1. The maximum atomic E-state index is 11.8. The Morgan fingerprint density at radius 1 is 1.41 bits per heavy atom. The van der Waals surface area contributed by atoms with Crippen LogP contribution in [0.3, 0.4) is 0 Å². The number of carboxylic acid groups (broad SMARTS) is 1. The van der Waals surface area contributed by atoms with Crippen LogP contribution < -0.4 is 5.32 Å². The smallest absolute Gasteiger partial charge is 0.315 e. The van der Waals surface area contributed by atoms with Gasteiger partial charge in [0.1, 0.15) is 5.92 Å². The van der Waals surface area contributed by atoms with Gasteiger partial charge < -0.3 is 10.4 Å². The molecule has 2 aromatic rings. The molecular formula is C14H15N5O3. The van der Waals surface area contributed by atoms with Crippen LogP contribution in [-0.4, -0.2) is 37.2 Å². The van der Waals surface area contributed by atoms with Crippen molar-refractivity contribution in [1.82, 2.24) is 20.2 Å². The second-order valence-electron chi connectivity index (χ2n) is 5.31. The monoisotopic (exact) mass is 301 g/mol. The molecule has 0 radical (unpaired) electrons. The van der Waals surface area contributed by atoms with Crippen molar-refractivity contribution < 1.29 is 14.7 Å². The zero-order valence-electron chi connectivity index (χ0n) is 11.9. The predicted octanol–water partition coefficient (Wildman–Crippen LogP) is 1.33. The first-order valence-electron chi connectivity index (χ1n) is 6.98. The van der Waals surface area contributed by atoms with Gasteiger partial charge in [-0.25, -0.2) is 4.68 Å². The molecule has 0 spiro atoms. The summed E-state index contributed by atoms with van der Waals surface area (Å²) in [5.74, 6) is -2.19. The van der Waals surface area contributed by atoms with Gasteiger partial charge in [0.15, 0.2) is 5.82 Å². The van der Waals surface area contributed by atoms with Crippen molar-refractivity contribution in [2.24, 2.45) is 5.92 Å². The van der Waals surface area contributed by atoms with Gasteiger partial charge in [-0.05, 0) is 42.3 Å². The summed E-state index contributed by atoms with van der Waals surface area (Å²) in [7, 11) is 0. The van der Waals surface area contributed by atoms with Crippen LogP contribution in [0.25, 0.3) is 11.4 Å². The van der Waals surface area contributed by atoms with Crippen LogP contribution in [0.1, 0.15) is 25.8 Å². The van der Waals surface area contributed by atoms with E-state index in [-0.39, 0.29) is 0 Å². The zero-order valence-corrected chi connectivity index (χ0v) is 11.9. The lowest BCUT2D eigenvalue weighted by Gasteiger charge is -2.09. The predicted molar refractivity (Wildman–Crippen MR) is 77.0 cm³/mol. The van der Waals surface area contributed by atoms with Crippen LogP contribution in [-0.2, 0) is 9.59 Å². The third-order valence-electron chi connectivity index (χ3n) is 3.54. The summed E-state index contributed by atoms with van der Waals surface area (Å²) in [5, 5.41) is 23.2. The molecule has 8 nitrogen and oxygen atoms in total. The Morgan fingerprint density at radius 2 is 2.18 bits per heavy atom. The maximum Gasteiger partial charge on any atom is 0.315 e. The van der Waals surface area contributed by atoms with Crippen LogP contribution in [0, 0.1) is 5.92 Å². The molecule has 0 bridgehead atoms. The van der Waals surface area contributed by atoms with Crippen molar-refractivity contribution in [3.05, 3.63) is 24.3 Å². The second kappa shape index (κ2) is 5.55. The van der Waals surface area contributed by atoms with Crippen molar-refractivity contribution >= 4 is 17.6 Å². The van der Waals surface area contributed by atoms with E-state index in [1.807, 2.05) is 6.07 Å². The molecule has 22 heavy (non-hydrogen) atoms. The number of amides is 1. The lowest BCUT2D eigenvalue weighted by atomic mass is 10.1. The molecule has 1 aliphatic carbocycles. The van der Waals surface area contributed by atoms with E-state index in [1.165, 1.54) is 6.92 Å². The maximum absolute atomic E-state index is 11.8. The minimum absolute atomic E-state index is 0.343. The van der Waals surface area contributed by atoms with Gasteiger partial charge in [0.2, 0.25) is 5.91 Å². The van der Waals surface area contributed by atoms with E-state index in [0.29, 0.717) is 17.6 Å². The number of hydrogen-bond acceptors (Lipinski definition) is 5. The fourth-order valence-corrected chi connectivity index (χ4v) is 2.05. The quantitative estimate of drug-likeness (QED) is 0.806. The average Bonchev–Trinajstić information content (AvgIpc) is 3.23. The van der Waals surface area contributed by atoms with E-state index >= 15 is 0 Å². The number of hydrogen-bond donors (Lipinski definition) is 2. The Morgan fingerprint density at radius 3 is 2.86 bits per heavy atom. The third-order valence-corrected chi connectivity index (χ3v) is 3.54. The molecule has 1 saturated carbocycles. The normalized spacial score (nSPS) is 15.3. The van der Waals surface area contributed by atoms with E-state index in [0.717, 1.165) is 18.4 Å². The molecule has 1 amide bonds. The highest BCUT2D eigenvalue weighted by molar-refractivity contribution is 6.04. The van der Waals surface area contributed by atoms with E-state index < -0.39 is 17.8 Å². The van der Waals surface area contributed by atoms with E-state index in [2.05, 4.69) is 20.8 Å². The molecule has 0 saturated heterocycles. The highest BCUT2D eigenvalue weighted by Crippen LogP contribution is 2.36. The SMILES string of the molecule is CC(C(=O)O)C(=O)Nc1cccc(-c2nnnn2C2CC2)c1. The third kappa shape index (κ3) is 2.80. The van der Waals surface area contributed by atoms with Gasteiger partial charge in [0.25, 0.3) is 0 Å². The van der Waals surface area contributed by atoms with Crippen molar-refractivity contribution in [3.63, 3.8) is 0 Å². The lowest BCUT2D eigenvalue weighted by molar-refractivity contribution is -0.144. The molecule has 1 atom stereocenters. The van der Waals surface area contributed by atoms with Crippen LogP contribution >= 0.6 is 0 Å². The molecule has 1 fully saturated rings. The number of tetrazole rings is 1. The first kappa shape index (κ1) is 14.2. The summed E-state index contributed by atoms with van der Waals surface area (Å²) in [6.07, 6.45) is 2.12. The number of rotatable bonds is 5. The fourth-order valence-electron chi connectivity index (χ4n) is 2.05. The Hall–Kier alpha value is -2.77. The average molecular weight is 301 g/mol. The number of benzene rings is 1. The van der Waals surface area contributed by atoms with Crippen LogP contribution in [0.2, 0.25) is 0 Å². The summed E-state index contributed by atoms with van der Waals surface area (Å²) in [6, 6.07) is 7.39. The Bertz CT molecular complexity index is 723. The molecule has 1 aliphatic rings. The van der Waals surface area contributed by atoms with Gasteiger partial charge in [0, 0.05) is 11.3 Å². The van der Waals surface area contributed by atoms with Gasteiger partial charge in [0.05, 0.1) is 6.04 Å². The van der Waals surface area contributed by atoms with Crippen molar-refractivity contribution in [2.75, 3.05) is 5.32 Å². The van der Waals surface area contributed by atoms with Gasteiger partial charge in [-0.2, -0.15) is 0 Å². The Labute approximate surface area is 126 Å². The number of aromatic nitrogens is 4. The first-order chi connectivity index (χ1) is 10.6. The van der Waals surface area contributed by atoms with Crippen molar-refractivity contribution in [2.45, 2.75) is 25.8 Å². The molecule has 1 aromatic carbocycles. The number of carbonyl (C=O) groups excluding carboxylic acids is 1. The lowest BCUT2D eigenvalue weighted by Crippen LogP contribution is -2.26. The molecular weight excluding hydrogens is 286 g/mol. The first-order valence-corrected chi connectivity index (χ1v) is 6.98. The van der Waals surface area contributed by atoms with Gasteiger partial charge >= 0.3 is 5.97 Å². The molecule has 1 aromatic heterocycles. The van der Waals surface area contributed by atoms with Gasteiger partial charge in [-0.15, -0.1) is 5.10 Å². The van der Waals surface area contributed by atoms with E-state index in [9.17, 15) is 9.59 Å². The van der Waals surface area contributed by atoms with Crippen LogP contribution in [0.4, 0.5) is 5.69 Å².